The van der Waals surface area contributed by atoms with Crippen LogP contribution in [0, 0.1) is 0 Å². The van der Waals surface area contributed by atoms with Crippen LogP contribution in [0.25, 0.3) is 11.2 Å². The summed E-state index contributed by atoms with van der Waals surface area (Å²) < 4.78 is 12.5. The molecule has 0 saturated carbocycles. The predicted octanol–water partition coefficient (Wildman–Crippen LogP) is 1.64. The van der Waals surface area contributed by atoms with E-state index in [1.54, 1.807) is 29.8 Å². The number of nitrogens with one attached hydrogen (secondary N) is 1. The van der Waals surface area contributed by atoms with Gasteiger partial charge < -0.3 is 25.0 Å². The lowest BCUT2D eigenvalue weighted by atomic mass is 10.2. The smallest absolute Gasteiger partial charge is 0.167 e. The number of ether oxygens (including phenoxy) is 2. The molecule has 1 saturated heterocycles. The molecule has 9 nitrogen and oxygen atoms in total. The molecule has 28 heavy (non-hydrogen) atoms. The Morgan fingerprint density at radius 1 is 1.29 bits per heavy atom. The van der Waals surface area contributed by atoms with Gasteiger partial charge in [0.2, 0.25) is 0 Å². The SMILES string of the molecule is COc1ccc(SCNc2ncnc3c2ncn3[C@@H]2O[C@H](CO)C[C@H]2O)cc1. The number of nitrogens with zero attached hydrogens (tertiary/aromatic N) is 4. The van der Waals surface area contributed by atoms with Crippen LogP contribution in [0.15, 0.2) is 41.8 Å². The number of imidazole rings is 1. The van der Waals surface area contributed by atoms with Crippen LogP contribution in [0.1, 0.15) is 12.6 Å². The van der Waals surface area contributed by atoms with E-state index in [0.29, 0.717) is 29.3 Å². The molecule has 0 aliphatic carbocycles. The van der Waals surface area contributed by atoms with Gasteiger partial charge in [-0.05, 0) is 24.3 Å². The Kier molecular flexibility index (Phi) is 5.62. The second-order valence-corrected chi connectivity index (χ2v) is 7.37. The number of fused-ring (bicyclic) bond motifs is 1. The number of benzene rings is 1. The van der Waals surface area contributed by atoms with Crippen LogP contribution in [0.2, 0.25) is 0 Å². The maximum Gasteiger partial charge on any atom is 0.167 e. The lowest BCUT2D eigenvalue weighted by Crippen LogP contribution is -2.19. The predicted molar refractivity (Wildman–Crippen MR) is 104 cm³/mol. The van der Waals surface area contributed by atoms with Gasteiger partial charge in [0.25, 0.3) is 0 Å². The van der Waals surface area contributed by atoms with E-state index in [1.165, 1.54) is 6.33 Å². The van der Waals surface area contributed by atoms with Gasteiger partial charge in [-0.15, -0.1) is 11.8 Å². The topological polar surface area (TPSA) is 115 Å². The summed E-state index contributed by atoms with van der Waals surface area (Å²) in [7, 11) is 1.64. The Morgan fingerprint density at radius 3 is 2.82 bits per heavy atom. The fourth-order valence-corrected chi connectivity index (χ4v) is 3.83. The number of anilines is 1. The highest BCUT2D eigenvalue weighted by atomic mass is 32.2. The molecule has 1 aromatic carbocycles. The molecule has 4 rings (SSSR count). The number of methoxy groups -OCH3 is 1. The van der Waals surface area contributed by atoms with Crippen molar-refractivity contribution in [2.75, 3.05) is 24.9 Å². The van der Waals surface area contributed by atoms with Crippen molar-refractivity contribution in [3.8, 4) is 5.75 Å². The van der Waals surface area contributed by atoms with Crippen molar-refractivity contribution in [2.24, 2.45) is 0 Å². The molecule has 3 N–H and O–H groups in total. The molecule has 2 aromatic heterocycles. The molecular formula is C18H21N5O4S. The van der Waals surface area contributed by atoms with Crippen molar-refractivity contribution in [2.45, 2.75) is 29.8 Å². The molecule has 1 fully saturated rings. The van der Waals surface area contributed by atoms with Crippen LogP contribution in [-0.4, -0.2) is 61.5 Å². The lowest BCUT2D eigenvalue weighted by Gasteiger charge is -2.16. The summed E-state index contributed by atoms with van der Waals surface area (Å²) in [5, 5.41) is 22.8. The summed E-state index contributed by atoms with van der Waals surface area (Å²) in [6.45, 7) is -0.134. The fraction of sp³-hybridized carbons (Fsp3) is 0.389. The third-order valence-corrected chi connectivity index (χ3v) is 5.43. The minimum absolute atomic E-state index is 0.134. The quantitative estimate of drug-likeness (QED) is 0.400. The van der Waals surface area contributed by atoms with Crippen LogP contribution < -0.4 is 10.1 Å². The maximum atomic E-state index is 10.2. The number of hydrogen-bond donors (Lipinski definition) is 3. The van der Waals surface area contributed by atoms with Crippen LogP contribution >= 0.6 is 11.8 Å². The summed E-state index contributed by atoms with van der Waals surface area (Å²) in [6.07, 6.45) is 1.65. The van der Waals surface area contributed by atoms with Crippen molar-refractivity contribution in [3.63, 3.8) is 0 Å². The van der Waals surface area contributed by atoms with Gasteiger partial charge in [0.15, 0.2) is 23.2 Å². The van der Waals surface area contributed by atoms with Gasteiger partial charge in [0, 0.05) is 11.3 Å². The maximum absolute atomic E-state index is 10.2. The minimum atomic E-state index is -0.730. The summed E-state index contributed by atoms with van der Waals surface area (Å²) in [6, 6.07) is 7.82. The minimum Gasteiger partial charge on any atom is -0.497 e. The van der Waals surface area contributed by atoms with E-state index < -0.39 is 18.4 Å². The molecule has 0 unspecified atom stereocenters. The zero-order chi connectivity index (χ0) is 19.5. The highest BCUT2D eigenvalue weighted by Gasteiger charge is 2.35. The monoisotopic (exact) mass is 403 g/mol. The van der Waals surface area contributed by atoms with Gasteiger partial charge in [0.05, 0.1) is 32.0 Å². The second-order valence-electron chi connectivity index (χ2n) is 6.32. The first-order valence-electron chi connectivity index (χ1n) is 8.82. The third kappa shape index (κ3) is 3.76. The van der Waals surface area contributed by atoms with Crippen molar-refractivity contribution in [3.05, 3.63) is 36.9 Å². The Morgan fingerprint density at radius 2 is 2.11 bits per heavy atom. The number of aromatic nitrogens is 4. The molecule has 0 amide bonds. The zero-order valence-corrected chi connectivity index (χ0v) is 16.0. The van der Waals surface area contributed by atoms with E-state index in [2.05, 4.69) is 20.3 Å². The molecule has 148 valence electrons. The molecule has 0 bridgehead atoms. The number of aliphatic hydroxyl groups is 2. The van der Waals surface area contributed by atoms with Crippen molar-refractivity contribution in [1.82, 2.24) is 19.5 Å². The lowest BCUT2D eigenvalue weighted by molar-refractivity contribution is -0.0486. The molecular weight excluding hydrogens is 382 g/mol. The van der Waals surface area contributed by atoms with E-state index in [-0.39, 0.29) is 6.61 Å². The Labute approximate surface area is 165 Å². The Balaban J connectivity index is 1.47. The first-order chi connectivity index (χ1) is 13.7. The average Bonchev–Trinajstić information content (AvgIpc) is 3.32. The molecule has 3 heterocycles. The number of aliphatic hydroxyl groups excluding tert-OH is 2. The summed E-state index contributed by atoms with van der Waals surface area (Å²) in [4.78, 5) is 14.1. The van der Waals surface area contributed by atoms with Gasteiger partial charge in [-0.2, -0.15) is 0 Å². The van der Waals surface area contributed by atoms with E-state index >= 15 is 0 Å². The van der Waals surface area contributed by atoms with Gasteiger partial charge in [-0.3, -0.25) is 4.57 Å². The van der Waals surface area contributed by atoms with Gasteiger partial charge in [0.1, 0.15) is 18.2 Å². The first kappa shape index (κ1) is 18.9. The molecule has 3 atom stereocenters. The first-order valence-corrected chi connectivity index (χ1v) is 9.81. The number of rotatable bonds is 7. The highest BCUT2D eigenvalue weighted by molar-refractivity contribution is 7.99. The molecule has 1 aliphatic heterocycles. The molecule has 10 heteroatoms. The van der Waals surface area contributed by atoms with Crippen molar-refractivity contribution >= 4 is 28.7 Å². The summed E-state index contributed by atoms with van der Waals surface area (Å²) >= 11 is 1.62. The van der Waals surface area contributed by atoms with Crippen LogP contribution in [0.5, 0.6) is 5.75 Å². The molecule has 0 radical (unpaired) electrons. The molecule has 1 aliphatic rings. The Hall–Kier alpha value is -2.40. The van der Waals surface area contributed by atoms with Gasteiger partial charge >= 0.3 is 0 Å². The van der Waals surface area contributed by atoms with E-state index in [4.69, 9.17) is 9.47 Å². The molecule has 0 spiro atoms. The molecule has 3 aromatic rings. The van der Waals surface area contributed by atoms with Gasteiger partial charge in [-0.1, -0.05) is 0 Å². The standard InChI is InChI=1S/C18H21N5O4S/c1-26-11-2-4-13(5-3-11)28-10-22-16-15-17(20-8-19-16)23(9-21-15)18-14(25)6-12(7-24)27-18/h2-5,8-9,12,14,18,24-25H,6-7,10H2,1H3,(H,19,20,22)/t12-,14+,18+/m0/s1. The normalized spacial score (nSPS) is 21.9. The van der Waals surface area contributed by atoms with E-state index in [1.807, 2.05) is 24.3 Å². The third-order valence-electron chi connectivity index (χ3n) is 4.54. The number of thioether (sulfide) groups is 1. The van der Waals surface area contributed by atoms with E-state index in [0.717, 1.165) is 10.6 Å². The second kappa shape index (κ2) is 8.31. The largest absolute Gasteiger partial charge is 0.497 e. The van der Waals surface area contributed by atoms with Crippen LogP contribution in [-0.2, 0) is 4.74 Å². The highest BCUT2D eigenvalue weighted by Crippen LogP contribution is 2.32. The summed E-state index contributed by atoms with van der Waals surface area (Å²) in [5.74, 6) is 2.02. The van der Waals surface area contributed by atoms with Crippen molar-refractivity contribution in [1.29, 1.82) is 0 Å². The summed E-state index contributed by atoms with van der Waals surface area (Å²) in [5.41, 5.74) is 1.16. The number of hydrogen-bond acceptors (Lipinski definition) is 9. The van der Waals surface area contributed by atoms with Gasteiger partial charge in [-0.25, -0.2) is 15.0 Å². The van der Waals surface area contributed by atoms with Crippen molar-refractivity contribution < 1.29 is 19.7 Å². The van der Waals surface area contributed by atoms with Crippen LogP contribution in [0.3, 0.4) is 0 Å². The Bertz CT molecular complexity index is 935. The van der Waals surface area contributed by atoms with E-state index in [9.17, 15) is 10.2 Å². The zero-order valence-electron chi connectivity index (χ0n) is 15.2. The fourth-order valence-electron chi connectivity index (χ4n) is 3.12. The average molecular weight is 403 g/mol. The van der Waals surface area contributed by atoms with Crippen LogP contribution in [0.4, 0.5) is 5.82 Å².